The zero-order valence-corrected chi connectivity index (χ0v) is 13.2. The van der Waals surface area contributed by atoms with Gasteiger partial charge in [-0.25, -0.2) is 0 Å². The predicted octanol–water partition coefficient (Wildman–Crippen LogP) is 2.72. The molecule has 0 aliphatic rings. The van der Waals surface area contributed by atoms with Gasteiger partial charge >= 0.3 is 0 Å². The van der Waals surface area contributed by atoms with E-state index in [0.29, 0.717) is 29.5 Å². The Bertz CT molecular complexity index is 666. The Balaban J connectivity index is 2.21. The zero-order valence-electron chi connectivity index (χ0n) is 12.4. The number of halogens is 1. The molecule has 6 heteroatoms. The van der Waals surface area contributed by atoms with E-state index < -0.39 is 0 Å². The van der Waals surface area contributed by atoms with Crippen LogP contribution in [0.3, 0.4) is 0 Å². The number of anilines is 1. The van der Waals surface area contributed by atoms with Crippen LogP contribution in [0.4, 0.5) is 5.69 Å². The smallest absolute Gasteiger partial charge is 0.272 e. The number of benzene rings is 1. The van der Waals surface area contributed by atoms with Gasteiger partial charge in [-0.3, -0.25) is 9.48 Å². The summed E-state index contributed by atoms with van der Waals surface area (Å²) in [4.78, 5) is 14.1. The molecule has 0 saturated heterocycles. The van der Waals surface area contributed by atoms with Crippen LogP contribution in [0.1, 0.15) is 28.7 Å². The van der Waals surface area contributed by atoms with E-state index in [4.69, 9.17) is 17.3 Å². The molecule has 0 aliphatic carbocycles. The number of hydrogen-bond acceptors (Lipinski definition) is 3. The van der Waals surface area contributed by atoms with Gasteiger partial charge in [0.25, 0.3) is 5.91 Å². The number of nitrogens with zero attached hydrogens (tertiary/aromatic N) is 3. The summed E-state index contributed by atoms with van der Waals surface area (Å²) < 4.78 is 1.70. The molecule has 0 atom stereocenters. The molecule has 2 rings (SSSR count). The Kier molecular flexibility index (Phi) is 4.53. The van der Waals surface area contributed by atoms with Crippen molar-refractivity contribution in [2.75, 3.05) is 12.8 Å². The first-order chi connectivity index (χ1) is 9.92. The van der Waals surface area contributed by atoms with Gasteiger partial charge in [0.2, 0.25) is 0 Å². The quantitative estimate of drug-likeness (QED) is 0.883. The normalized spacial score (nSPS) is 10.7. The molecule has 0 radical (unpaired) electrons. The average Bonchev–Trinajstić information content (AvgIpc) is 2.83. The second-order valence-electron chi connectivity index (χ2n) is 5.00. The number of nitrogen functional groups attached to an aromatic ring is 1. The minimum absolute atomic E-state index is 0.0871. The predicted molar refractivity (Wildman–Crippen MR) is 84.3 cm³/mol. The molecule has 0 spiro atoms. The standard InChI is InChI=1S/C15H19ClN4O/c1-4-20-14(7-10(2)18-20)15(21)19(3)9-11-8-12(17)5-6-13(11)16/h5-8H,4,9,17H2,1-3H3. The molecular weight excluding hydrogens is 288 g/mol. The van der Waals surface area contributed by atoms with Gasteiger partial charge in [-0.2, -0.15) is 5.10 Å². The molecule has 0 fully saturated rings. The van der Waals surface area contributed by atoms with Crippen molar-refractivity contribution >= 4 is 23.2 Å². The molecule has 2 N–H and O–H groups in total. The lowest BCUT2D eigenvalue weighted by atomic mass is 10.2. The van der Waals surface area contributed by atoms with Crippen LogP contribution in [0.15, 0.2) is 24.3 Å². The van der Waals surface area contributed by atoms with Crippen LogP contribution in [0.5, 0.6) is 0 Å². The van der Waals surface area contributed by atoms with E-state index in [0.717, 1.165) is 11.3 Å². The zero-order chi connectivity index (χ0) is 15.6. The fourth-order valence-corrected chi connectivity index (χ4v) is 2.37. The number of aromatic nitrogens is 2. The first kappa shape index (κ1) is 15.4. The molecule has 0 bridgehead atoms. The Morgan fingerprint density at radius 3 is 2.81 bits per heavy atom. The number of aryl methyl sites for hydroxylation is 2. The van der Waals surface area contributed by atoms with Gasteiger partial charge in [-0.15, -0.1) is 0 Å². The third kappa shape index (κ3) is 3.36. The Hall–Kier alpha value is -2.01. The molecule has 0 saturated carbocycles. The topological polar surface area (TPSA) is 64.2 Å². The molecule has 2 aromatic rings. The van der Waals surface area contributed by atoms with E-state index in [1.807, 2.05) is 13.8 Å². The van der Waals surface area contributed by atoms with Crippen molar-refractivity contribution < 1.29 is 4.79 Å². The van der Waals surface area contributed by atoms with Gasteiger partial charge in [0, 0.05) is 30.8 Å². The van der Waals surface area contributed by atoms with E-state index in [2.05, 4.69) is 5.10 Å². The number of nitrogens with two attached hydrogens (primary N) is 1. The van der Waals surface area contributed by atoms with Crippen LogP contribution in [-0.4, -0.2) is 27.6 Å². The molecule has 1 aromatic heterocycles. The second-order valence-corrected chi connectivity index (χ2v) is 5.41. The van der Waals surface area contributed by atoms with Crippen LogP contribution < -0.4 is 5.73 Å². The summed E-state index contributed by atoms with van der Waals surface area (Å²) in [6, 6.07) is 7.06. The minimum Gasteiger partial charge on any atom is -0.399 e. The largest absolute Gasteiger partial charge is 0.399 e. The Morgan fingerprint density at radius 1 is 1.43 bits per heavy atom. The van der Waals surface area contributed by atoms with Crippen LogP contribution in [0.25, 0.3) is 0 Å². The van der Waals surface area contributed by atoms with Gasteiger partial charge in [0.15, 0.2) is 0 Å². The van der Waals surface area contributed by atoms with Gasteiger partial charge < -0.3 is 10.6 Å². The van der Waals surface area contributed by atoms with Crippen molar-refractivity contribution in [2.24, 2.45) is 0 Å². The highest BCUT2D eigenvalue weighted by Crippen LogP contribution is 2.21. The maximum Gasteiger partial charge on any atom is 0.272 e. The highest BCUT2D eigenvalue weighted by Gasteiger charge is 2.18. The van der Waals surface area contributed by atoms with E-state index in [1.54, 1.807) is 40.9 Å². The highest BCUT2D eigenvalue weighted by molar-refractivity contribution is 6.31. The van der Waals surface area contributed by atoms with Crippen molar-refractivity contribution in [1.82, 2.24) is 14.7 Å². The molecular formula is C15H19ClN4O. The van der Waals surface area contributed by atoms with Crippen LogP contribution in [0, 0.1) is 6.92 Å². The number of carbonyl (C=O) groups excluding carboxylic acids is 1. The SMILES string of the molecule is CCn1nc(C)cc1C(=O)N(C)Cc1cc(N)ccc1Cl. The van der Waals surface area contributed by atoms with E-state index in [1.165, 1.54) is 0 Å². The summed E-state index contributed by atoms with van der Waals surface area (Å²) in [6.45, 7) is 4.88. The van der Waals surface area contributed by atoms with E-state index in [9.17, 15) is 4.79 Å². The molecule has 5 nitrogen and oxygen atoms in total. The third-order valence-electron chi connectivity index (χ3n) is 3.24. The Labute approximate surface area is 129 Å². The lowest BCUT2D eigenvalue weighted by molar-refractivity contribution is 0.0773. The first-order valence-electron chi connectivity index (χ1n) is 6.76. The molecule has 21 heavy (non-hydrogen) atoms. The minimum atomic E-state index is -0.0871. The van der Waals surface area contributed by atoms with Crippen molar-refractivity contribution in [3.05, 3.63) is 46.2 Å². The number of amides is 1. The second kappa shape index (κ2) is 6.18. The number of rotatable bonds is 4. The van der Waals surface area contributed by atoms with E-state index >= 15 is 0 Å². The van der Waals surface area contributed by atoms with Crippen molar-refractivity contribution in [1.29, 1.82) is 0 Å². The molecule has 1 aromatic carbocycles. The molecule has 1 amide bonds. The number of hydrogen-bond donors (Lipinski definition) is 1. The fourth-order valence-electron chi connectivity index (χ4n) is 2.20. The summed E-state index contributed by atoms with van der Waals surface area (Å²) in [7, 11) is 1.74. The lowest BCUT2D eigenvalue weighted by Gasteiger charge is -2.18. The Morgan fingerprint density at radius 2 is 2.14 bits per heavy atom. The maximum atomic E-state index is 12.5. The first-order valence-corrected chi connectivity index (χ1v) is 7.14. The monoisotopic (exact) mass is 306 g/mol. The van der Waals surface area contributed by atoms with Crippen LogP contribution in [0.2, 0.25) is 5.02 Å². The van der Waals surface area contributed by atoms with Gasteiger partial charge in [0.1, 0.15) is 5.69 Å². The van der Waals surface area contributed by atoms with E-state index in [-0.39, 0.29) is 5.91 Å². The molecule has 0 unspecified atom stereocenters. The maximum absolute atomic E-state index is 12.5. The summed E-state index contributed by atoms with van der Waals surface area (Å²) in [5.41, 5.74) is 8.63. The summed E-state index contributed by atoms with van der Waals surface area (Å²) in [6.07, 6.45) is 0. The van der Waals surface area contributed by atoms with Crippen molar-refractivity contribution in [2.45, 2.75) is 26.9 Å². The highest BCUT2D eigenvalue weighted by atomic mass is 35.5. The van der Waals surface area contributed by atoms with Gasteiger partial charge in [-0.1, -0.05) is 11.6 Å². The van der Waals surface area contributed by atoms with Crippen LogP contribution in [-0.2, 0) is 13.1 Å². The summed E-state index contributed by atoms with van der Waals surface area (Å²) in [5.74, 6) is -0.0871. The van der Waals surface area contributed by atoms with Gasteiger partial charge in [0.05, 0.1) is 5.69 Å². The summed E-state index contributed by atoms with van der Waals surface area (Å²) >= 11 is 6.14. The summed E-state index contributed by atoms with van der Waals surface area (Å²) in [5, 5.41) is 4.90. The molecule has 0 aliphatic heterocycles. The lowest BCUT2D eigenvalue weighted by Crippen LogP contribution is -2.28. The molecule has 1 heterocycles. The van der Waals surface area contributed by atoms with Crippen LogP contribution >= 0.6 is 11.6 Å². The van der Waals surface area contributed by atoms with Crippen molar-refractivity contribution in [3.63, 3.8) is 0 Å². The fraction of sp³-hybridized carbons (Fsp3) is 0.333. The number of carbonyl (C=O) groups is 1. The van der Waals surface area contributed by atoms with Gasteiger partial charge in [-0.05, 0) is 43.7 Å². The average molecular weight is 307 g/mol. The van der Waals surface area contributed by atoms with Crippen molar-refractivity contribution in [3.8, 4) is 0 Å². The molecule has 112 valence electrons. The third-order valence-corrected chi connectivity index (χ3v) is 3.61.